The molecular formula is C31H33N3O4S. The summed E-state index contributed by atoms with van der Waals surface area (Å²) in [5.74, 6) is -0.239. The molecule has 1 aliphatic heterocycles. The van der Waals surface area contributed by atoms with E-state index in [1.807, 2.05) is 74.8 Å². The summed E-state index contributed by atoms with van der Waals surface area (Å²) in [6.07, 6.45) is 0. The summed E-state index contributed by atoms with van der Waals surface area (Å²) >= 11 is 0. The topological polar surface area (TPSA) is 79.0 Å². The average molecular weight is 544 g/mol. The molecule has 0 aromatic heterocycles. The summed E-state index contributed by atoms with van der Waals surface area (Å²) in [5.41, 5.74) is 1.86. The molecule has 2 unspecified atom stereocenters. The van der Waals surface area contributed by atoms with Crippen LogP contribution in [0, 0.1) is 0 Å². The predicted molar refractivity (Wildman–Crippen MR) is 155 cm³/mol. The van der Waals surface area contributed by atoms with Crippen LogP contribution in [0.15, 0.2) is 95.9 Å². The number of nitrogens with one attached hydrogen (secondary N) is 1. The molecule has 7 nitrogen and oxygen atoms in total. The number of likely N-dealkylation sites (N-methyl/N-ethyl adjacent to an activating group) is 1. The van der Waals surface area contributed by atoms with Gasteiger partial charge in [0.25, 0.3) is 10.0 Å². The maximum absolute atomic E-state index is 14.1. The first kappa shape index (κ1) is 26.7. The van der Waals surface area contributed by atoms with Crippen LogP contribution in [0.5, 0.6) is 5.75 Å². The number of hydrogen-bond acceptors (Lipinski definition) is 5. The number of carbonyl (C=O) groups excluding carboxylic acids is 1. The maximum atomic E-state index is 14.1. The SMILES string of the molecule is COc1ccc(S(=O)(=O)N2CC(C(=O)NCC(C)(c3ccccc3)N(C)C)c3ccccc32)c2ccccc12. The zero-order chi connectivity index (χ0) is 27.8. The number of benzene rings is 4. The van der Waals surface area contributed by atoms with E-state index in [-0.39, 0.29) is 17.3 Å². The van der Waals surface area contributed by atoms with Gasteiger partial charge in [0.1, 0.15) is 5.75 Å². The minimum absolute atomic E-state index is 0.0257. The number of para-hydroxylation sites is 1. The van der Waals surface area contributed by atoms with Gasteiger partial charge in [0.2, 0.25) is 5.91 Å². The second-order valence-electron chi connectivity index (χ2n) is 10.2. The summed E-state index contributed by atoms with van der Waals surface area (Å²) < 4.78 is 35.1. The van der Waals surface area contributed by atoms with Crippen LogP contribution in [-0.2, 0) is 20.4 Å². The summed E-state index contributed by atoms with van der Waals surface area (Å²) in [6, 6.07) is 27.8. The minimum Gasteiger partial charge on any atom is -0.496 e. The highest BCUT2D eigenvalue weighted by Crippen LogP contribution is 2.42. The van der Waals surface area contributed by atoms with E-state index in [9.17, 15) is 13.2 Å². The van der Waals surface area contributed by atoms with Gasteiger partial charge in [-0.25, -0.2) is 8.42 Å². The van der Waals surface area contributed by atoms with Crippen molar-refractivity contribution in [1.82, 2.24) is 10.2 Å². The molecule has 0 saturated heterocycles. The van der Waals surface area contributed by atoms with Gasteiger partial charge in [-0.3, -0.25) is 14.0 Å². The number of nitrogens with zero attached hydrogens (tertiary/aromatic N) is 2. The summed E-state index contributed by atoms with van der Waals surface area (Å²) in [5, 5.41) is 4.41. The van der Waals surface area contributed by atoms with Gasteiger partial charge >= 0.3 is 0 Å². The number of methoxy groups -OCH3 is 1. The molecule has 5 rings (SSSR count). The molecule has 0 saturated carbocycles. The fraction of sp³-hybridized carbons (Fsp3) is 0.258. The zero-order valence-corrected chi connectivity index (χ0v) is 23.4. The lowest BCUT2D eigenvalue weighted by atomic mass is 9.90. The third-order valence-electron chi connectivity index (χ3n) is 7.87. The van der Waals surface area contributed by atoms with Crippen LogP contribution < -0.4 is 14.4 Å². The molecule has 4 aromatic rings. The van der Waals surface area contributed by atoms with E-state index < -0.39 is 21.5 Å². The number of hydrogen-bond donors (Lipinski definition) is 1. The molecule has 8 heteroatoms. The zero-order valence-electron chi connectivity index (χ0n) is 22.6. The second-order valence-corrected chi connectivity index (χ2v) is 12.0. The molecule has 1 aliphatic rings. The van der Waals surface area contributed by atoms with Crippen LogP contribution in [0.1, 0.15) is 24.0 Å². The Balaban J connectivity index is 1.47. The summed E-state index contributed by atoms with van der Waals surface area (Å²) in [7, 11) is 1.55. The fourth-order valence-corrected chi connectivity index (χ4v) is 6.99. The normalized spacial score (nSPS) is 16.6. The van der Waals surface area contributed by atoms with E-state index in [1.165, 1.54) is 4.31 Å². The molecular weight excluding hydrogens is 510 g/mol. The first-order chi connectivity index (χ1) is 18.7. The Morgan fingerprint density at radius 1 is 0.949 bits per heavy atom. The quantitative estimate of drug-likeness (QED) is 0.348. The number of rotatable bonds is 8. The highest BCUT2D eigenvalue weighted by molar-refractivity contribution is 7.93. The highest BCUT2D eigenvalue weighted by Gasteiger charge is 2.41. The number of ether oxygens (including phenoxy) is 1. The van der Waals surface area contributed by atoms with Crippen LogP contribution in [0.25, 0.3) is 10.8 Å². The van der Waals surface area contributed by atoms with E-state index in [1.54, 1.807) is 37.4 Å². The van der Waals surface area contributed by atoms with Crippen molar-refractivity contribution < 1.29 is 17.9 Å². The van der Waals surface area contributed by atoms with Gasteiger partial charge < -0.3 is 10.1 Å². The Morgan fingerprint density at radius 2 is 1.59 bits per heavy atom. The number of sulfonamides is 1. The first-order valence-corrected chi connectivity index (χ1v) is 14.3. The first-order valence-electron chi connectivity index (χ1n) is 12.9. The van der Waals surface area contributed by atoms with E-state index in [0.29, 0.717) is 34.3 Å². The van der Waals surface area contributed by atoms with E-state index >= 15 is 0 Å². The van der Waals surface area contributed by atoms with Crippen molar-refractivity contribution in [3.63, 3.8) is 0 Å². The van der Waals surface area contributed by atoms with Crippen LogP contribution in [0.4, 0.5) is 5.69 Å². The third kappa shape index (κ3) is 4.64. The fourth-order valence-electron chi connectivity index (χ4n) is 5.29. The van der Waals surface area contributed by atoms with Gasteiger partial charge in [0.15, 0.2) is 0 Å². The molecule has 0 bridgehead atoms. The molecule has 0 aliphatic carbocycles. The number of anilines is 1. The lowest BCUT2D eigenvalue weighted by Gasteiger charge is -2.37. The smallest absolute Gasteiger partial charge is 0.264 e. The van der Waals surface area contributed by atoms with E-state index in [4.69, 9.17) is 4.74 Å². The average Bonchev–Trinajstić information content (AvgIpc) is 3.36. The second kappa shape index (κ2) is 10.4. The Bertz CT molecular complexity index is 1620. The maximum Gasteiger partial charge on any atom is 0.264 e. The highest BCUT2D eigenvalue weighted by atomic mass is 32.2. The van der Waals surface area contributed by atoms with Crippen molar-refractivity contribution in [1.29, 1.82) is 0 Å². The largest absolute Gasteiger partial charge is 0.496 e. The van der Waals surface area contributed by atoms with Crippen LogP contribution in [-0.4, -0.2) is 53.5 Å². The van der Waals surface area contributed by atoms with Crippen molar-refractivity contribution in [2.75, 3.05) is 38.6 Å². The Hall–Kier alpha value is -3.88. The van der Waals surface area contributed by atoms with Crippen molar-refractivity contribution in [3.05, 3.63) is 102 Å². The lowest BCUT2D eigenvalue weighted by Crippen LogP contribution is -2.49. The number of amides is 1. The van der Waals surface area contributed by atoms with Gasteiger partial charge in [-0.1, -0.05) is 72.8 Å². The van der Waals surface area contributed by atoms with E-state index in [2.05, 4.69) is 17.1 Å². The van der Waals surface area contributed by atoms with Crippen molar-refractivity contribution >= 4 is 32.4 Å². The minimum atomic E-state index is -3.98. The molecule has 0 fully saturated rings. The number of carbonyl (C=O) groups is 1. The van der Waals surface area contributed by atoms with E-state index in [0.717, 1.165) is 5.56 Å². The third-order valence-corrected chi connectivity index (χ3v) is 9.71. The molecule has 39 heavy (non-hydrogen) atoms. The molecule has 2 atom stereocenters. The molecule has 4 aromatic carbocycles. The van der Waals surface area contributed by atoms with Crippen LogP contribution in [0.2, 0.25) is 0 Å². The molecule has 1 amide bonds. The van der Waals surface area contributed by atoms with Crippen molar-refractivity contribution in [2.45, 2.75) is 23.3 Å². The Labute approximate surface area is 230 Å². The monoisotopic (exact) mass is 543 g/mol. The number of fused-ring (bicyclic) bond motifs is 2. The van der Waals surface area contributed by atoms with Crippen molar-refractivity contribution in [2.24, 2.45) is 0 Å². The van der Waals surface area contributed by atoms with Gasteiger partial charge in [0, 0.05) is 17.3 Å². The molecule has 202 valence electrons. The van der Waals surface area contributed by atoms with Gasteiger partial charge in [-0.2, -0.15) is 0 Å². The standard InChI is InChI=1S/C31H33N3O4S/c1-31(33(2)3,22-12-6-5-7-13-22)21-32-30(35)26-20-34(27-17-11-10-14-23(26)27)39(36,37)29-19-18-28(38-4)24-15-8-9-16-25(24)29/h5-19,26H,20-21H2,1-4H3,(H,32,35). The van der Waals surface area contributed by atoms with Gasteiger partial charge in [-0.15, -0.1) is 0 Å². The van der Waals surface area contributed by atoms with Gasteiger partial charge in [0.05, 0.1) is 35.7 Å². The molecule has 0 radical (unpaired) electrons. The predicted octanol–water partition coefficient (Wildman–Crippen LogP) is 4.73. The molecule has 1 heterocycles. The van der Waals surface area contributed by atoms with Gasteiger partial charge in [-0.05, 0) is 50.3 Å². The molecule has 1 N–H and O–H groups in total. The van der Waals surface area contributed by atoms with Crippen molar-refractivity contribution in [3.8, 4) is 5.75 Å². The lowest BCUT2D eigenvalue weighted by molar-refractivity contribution is -0.122. The summed E-state index contributed by atoms with van der Waals surface area (Å²) in [4.78, 5) is 15.9. The van der Waals surface area contributed by atoms with Crippen LogP contribution in [0.3, 0.4) is 0 Å². The molecule has 0 spiro atoms. The summed E-state index contributed by atoms with van der Waals surface area (Å²) in [6.45, 7) is 2.48. The van der Waals surface area contributed by atoms with Crippen LogP contribution >= 0.6 is 0 Å². The Morgan fingerprint density at radius 3 is 2.28 bits per heavy atom. The Kier molecular flexibility index (Phi) is 7.09.